The van der Waals surface area contributed by atoms with Crippen molar-refractivity contribution < 1.29 is 9.66 Å². The van der Waals surface area contributed by atoms with Crippen LogP contribution in [0.3, 0.4) is 0 Å². The number of aromatic nitrogens is 2. The molecule has 1 N–H and O–H groups in total. The van der Waals surface area contributed by atoms with Gasteiger partial charge in [0, 0.05) is 19.3 Å². The van der Waals surface area contributed by atoms with Gasteiger partial charge in [-0.3, -0.25) is 10.1 Å². The summed E-state index contributed by atoms with van der Waals surface area (Å²) in [5.74, 6) is 1.07. The molecule has 3 aromatic rings. The normalized spacial score (nSPS) is 10.3. The number of nitro groups is 1. The van der Waals surface area contributed by atoms with Gasteiger partial charge in [0.05, 0.1) is 12.0 Å². The van der Waals surface area contributed by atoms with Crippen LogP contribution in [-0.4, -0.2) is 29.0 Å². The molecule has 0 amide bonds. The largest absolute Gasteiger partial charge is 0.497 e. The molecule has 0 radical (unpaired) electrons. The summed E-state index contributed by atoms with van der Waals surface area (Å²) in [7, 11) is 3.34. The van der Waals surface area contributed by atoms with E-state index in [9.17, 15) is 10.1 Å². The monoisotopic (exact) mass is 365 g/mol. The zero-order chi connectivity index (χ0) is 19.2. The lowest BCUT2D eigenvalue weighted by Crippen LogP contribution is -2.20. The van der Waals surface area contributed by atoms with E-state index in [0.717, 1.165) is 5.56 Å². The third-order valence-electron chi connectivity index (χ3n) is 3.96. The van der Waals surface area contributed by atoms with Gasteiger partial charge in [0.25, 0.3) is 0 Å². The third kappa shape index (κ3) is 4.30. The first-order valence-electron chi connectivity index (χ1n) is 8.24. The number of benzene rings is 2. The molecule has 8 heteroatoms. The molecule has 0 aliphatic heterocycles. The molecule has 0 aliphatic carbocycles. The lowest BCUT2D eigenvalue weighted by atomic mass is 10.2. The fourth-order valence-corrected chi connectivity index (χ4v) is 2.65. The second-order valence-corrected chi connectivity index (χ2v) is 5.85. The number of nitrogens with zero attached hydrogens (tertiary/aromatic N) is 4. The molecule has 0 atom stereocenters. The van der Waals surface area contributed by atoms with Crippen molar-refractivity contribution in [1.82, 2.24) is 9.97 Å². The van der Waals surface area contributed by atoms with E-state index in [1.165, 1.54) is 6.33 Å². The molecule has 0 unspecified atom stereocenters. The molecular weight excluding hydrogens is 346 g/mol. The lowest BCUT2D eigenvalue weighted by molar-refractivity contribution is -0.383. The van der Waals surface area contributed by atoms with Gasteiger partial charge >= 0.3 is 5.69 Å². The van der Waals surface area contributed by atoms with Crippen LogP contribution in [0.4, 0.5) is 23.0 Å². The summed E-state index contributed by atoms with van der Waals surface area (Å²) < 4.78 is 5.12. The molecule has 0 aliphatic rings. The molecule has 0 spiro atoms. The van der Waals surface area contributed by atoms with Crippen LogP contribution in [-0.2, 0) is 6.54 Å². The van der Waals surface area contributed by atoms with Crippen LogP contribution in [0.5, 0.6) is 5.75 Å². The van der Waals surface area contributed by atoms with E-state index in [4.69, 9.17) is 4.74 Å². The summed E-state index contributed by atoms with van der Waals surface area (Å²) >= 11 is 0. The predicted octanol–water partition coefficient (Wildman–Crippen LogP) is 3.77. The molecule has 2 aromatic carbocycles. The number of methoxy groups -OCH3 is 1. The van der Waals surface area contributed by atoms with E-state index in [1.54, 1.807) is 43.3 Å². The van der Waals surface area contributed by atoms with Gasteiger partial charge in [-0.25, -0.2) is 9.97 Å². The Morgan fingerprint density at radius 2 is 1.81 bits per heavy atom. The average molecular weight is 365 g/mol. The quantitative estimate of drug-likeness (QED) is 0.503. The highest BCUT2D eigenvalue weighted by atomic mass is 16.6. The van der Waals surface area contributed by atoms with Crippen LogP contribution in [0.15, 0.2) is 60.9 Å². The first-order chi connectivity index (χ1) is 13.1. The first-order valence-corrected chi connectivity index (χ1v) is 8.24. The van der Waals surface area contributed by atoms with Crippen molar-refractivity contribution in [1.29, 1.82) is 0 Å². The summed E-state index contributed by atoms with van der Waals surface area (Å²) in [5, 5.41) is 14.7. The van der Waals surface area contributed by atoms with E-state index in [0.29, 0.717) is 18.0 Å². The molecule has 8 nitrogen and oxygen atoms in total. The highest BCUT2D eigenvalue weighted by molar-refractivity contribution is 5.74. The number of rotatable bonds is 7. The molecule has 3 rings (SSSR count). The van der Waals surface area contributed by atoms with Crippen molar-refractivity contribution in [2.24, 2.45) is 0 Å². The minimum atomic E-state index is -0.470. The van der Waals surface area contributed by atoms with Crippen LogP contribution >= 0.6 is 0 Å². The Balaban J connectivity index is 1.90. The van der Waals surface area contributed by atoms with Crippen molar-refractivity contribution in [3.8, 4) is 5.75 Å². The van der Waals surface area contributed by atoms with Crippen LogP contribution in [0.1, 0.15) is 5.56 Å². The number of anilines is 3. The van der Waals surface area contributed by atoms with E-state index in [-0.39, 0.29) is 17.3 Å². The SMILES string of the molecule is COc1ccc(Nc2ncnc(N(C)Cc3ccccc3)c2[N+](=O)[O-])cc1. The summed E-state index contributed by atoms with van der Waals surface area (Å²) in [4.78, 5) is 21.2. The summed E-state index contributed by atoms with van der Waals surface area (Å²) in [6, 6.07) is 16.7. The van der Waals surface area contributed by atoms with Gasteiger partial charge in [0.1, 0.15) is 12.1 Å². The Labute approximate surface area is 156 Å². The van der Waals surface area contributed by atoms with Crippen LogP contribution in [0, 0.1) is 10.1 Å². The maximum atomic E-state index is 11.7. The van der Waals surface area contributed by atoms with Crippen molar-refractivity contribution in [2.45, 2.75) is 6.54 Å². The lowest BCUT2D eigenvalue weighted by Gasteiger charge is -2.19. The molecule has 0 fully saturated rings. The van der Waals surface area contributed by atoms with Crippen molar-refractivity contribution >= 4 is 23.0 Å². The molecule has 1 heterocycles. The van der Waals surface area contributed by atoms with Crippen molar-refractivity contribution in [3.63, 3.8) is 0 Å². The maximum absolute atomic E-state index is 11.7. The minimum absolute atomic E-state index is 0.134. The number of nitrogens with one attached hydrogen (secondary N) is 1. The van der Waals surface area contributed by atoms with Gasteiger partial charge in [-0.15, -0.1) is 0 Å². The average Bonchev–Trinajstić information content (AvgIpc) is 2.69. The Morgan fingerprint density at radius 1 is 1.11 bits per heavy atom. The van der Waals surface area contributed by atoms with Crippen molar-refractivity contribution in [3.05, 3.63) is 76.6 Å². The highest BCUT2D eigenvalue weighted by Gasteiger charge is 2.25. The predicted molar refractivity (Wildman–Crippen MR) is 104 cm³/mol. The zero-order valence-corrected chi connectivity index (χ0v) is 15.0. The first kappa shape index (κ1) is 18.1. The Morgan fingerprint density at radius 3 is 2.44 bits per heavy atom. The van der Waals surface area contributed by atoms with Crippen molar-refractivity contribution in [2.75, 3.05) is 24.4 Å². The van der Waals surface area contributed by atoms with E-state index < -0.39 is 4.92 Å². The van der Waals surface area contributed by atoms with Gasteiger partial charge in [-0.1, -0.05) is 30.3 Å². The fourth-order valence-electron chi connectivity index (χ4n) is 2.65. The molecule has 138 valence electrons. The highest BCUT2D eigenvalue weighted by Crippen LogP contribution is 2.33. The van der Waals surface area contributed by atoms with Gasteiger partial charge < -0.3 is 15.0 Å². The third-order valence-corrected chi connectivity index (χ3v) is 3.96. The number of hydrogen-bond acceptors (Lipinski definition) is 7. The number of hydrogen-bond donors (Lipinski definition) is 1. The van der Waals surface area contributed by atoms with Gasteiger partial charge in [0.2, 0.25) is 11.6 Å². The topological polar surface area (TPSA) is 93.4 Å². The Hall–Kier alpha value is -3.68. The maximum Gasteiger partial charge on any atom is 0.353 e. The van der Waals surface area contributed by atoms with Gasteiger partial charge in [0.15, 0.2) is 0 Å². The zero-order valence-electron chi connectivity index (χ0n) is 15.0. The molecule has 0 saturated heterocycles. The van der Waals surface area contributed by atoms with E-state index in [2.05, 4.69) is 15.3 Å². The summed E-state index contributed by atoms with van der Waals surface area (Å²) in [5.41, 5.74) is 1.51. The van der Waals surface area contributed by atoms with E-state index in [1.807, 2.05) is 30.3 Å². The second-order valence-electron chi connectivity index (χ2n) is 5.85. The second kappa shape index (κ2) is 8.13. The molecular formula is C19H19N5O3. The Bertz CT molecular complexity index is 916. The number of ether oxygens (including phenoxy) is 1. The fraction of sp³-hybridized carbons (Fsp3) is 0.158. The Kier molecular flexibility index (Phi) is 5.46. The molecule has 1 aromatic heterocycles. The van der Waals surface area contributed by atoms with E-state index >= 15 is 0 Å². The van der Waals surface area contributed by atoms with Crippen LogP contribution < -0.4 is 15.0 Å². The molecule has 27 heavy (non-hydrogen) atoms. The van der Waals surface area contributed by atoms with Gasteiger partial charge in [-0.2, -0.15) is 0 Å². The summed E-state index contributed by atoms with van der Waals surface area (Å²) in [6.07, 6.45) is 1.32. The standard InChI is InChI=1S/C19H19N5O3/c1-23(12-14-6-4-3-5-7-14)19-17(24(25)26)18(20-13-21-19)22-15-8-10-16(27-2)11-9-15/h3-11,13H,12H2,1-2H3,(H,20,21,22). The minimum Gasteiger partial charge on any atom is -0.497 e. The van der Waals surface area contributed by atoms with Gasteiger partial charge in [-0.05, 0) is 29.8 Å². The smallest absolute Gasteiger partial charge is 0.353 e. The summed E-state index contributed by atoms with van der Waals surface area (Å²) in [6.45, 7) is 0.487. The van der Waals surface area contributed by atoms with Crippen LogP contribution in [0.25, 0.3) is 0 Å². The molecule has 0 saturated carbocycles. The molecule has 0 bridgehead atoms. The van der Waals surface area contributed by atoms with Crippen LogP contribution in [0.2, 0.25) is 0 Å².